The van der Waals surface area contributed by atoms with E-state index >= 15 is 0 Å². The Balaban J connectivity index is 1.74. The van der Waals surface area contributed by atoms with E-state index in [-0.39, 0.29) is 12.6 Å². The summed E-state index contributed by atoms with van der Waals surface area (Å²) in [5, 5.41) is 12.5. The molecule has 3 aromatic heterocycles. The van der Waals surface area contributed by atoms with Crippen molar-refractivity contribution in [1.82, 2.24) is 9.97 Å². The number of thioether (sulfide) groups is 1. The van der Waals surface area contributed by atoms with E-state index in [0.717, 1.165) is 32.2 Å². The molecule has 0 atom stereocenters. The molecule has 0 radical (unpaired) electrons. The molecular weight excluding hydrogens is 471 g/mol. The third-order valence-corrected chi connectivity index (χ3v) is 10.2. The summed E-state index contributed by atoms with van der Waals surface area (Å²) in [4.78, 5) is 9.09. The molecule has 0 saturated heterocycles. The lowest BCUT2D eigenvalue weighted by Gasteiger charge is -2.28. The van der Waals surface area contributed by atoms with E-state index in [1.807, 2.05) is 44.3 Å². The molecule has 0 unspecified atom stereocenters. The Morgan fingerprint density at radius 1 is 1.26 bits per heavy atom. The van der Waals surface area contributed by atoms with Crippen LogP contribution in [0.25, 0.3) is 21.6 Å². The predicted octanol–water partition coefficient (Wildman–Crippen LogP) is 5.18. The molecule has 0 aliphatic heterocycles. The van der Waals surface area contributed by atoms with Crippen molar-refractivity contribution in [2.45, 2.75) is 29.9 Å². The average molecular weight is 494 g/mol. The van der Waals surface area contributed by atoms with Crippen molar-refractivity contribution in [3.63, 3.8) is 0 Å². The normalized spacial score (nSPS) is 12.1. The van der Waals surface area contributed by atoms with E-state index in [2.05, 4.69) is 9.97 Å². The van der Waals surface area contributed by atoms with Crippen LogP contribution in [-0.2, 0) is 15.8 Å². The molecule has 2 N–H and O–H groups in total. The standard InChI is InChI=1S/C21H23N3O3S4/c1-14(2)24(31(26,27)19-7-4-9-29-19)18-6-3-5-15-11-17(23-20(15)18)21-22-12-16(30-21)13-28-10-8-25/h3-7,9,11-12,14,23,25H,8,10,13H2,1-2H3. The Hall–Kier alpha value is -1.85. The molecule has 4 aromatic rings. The number of aromatic amines is 1. The first-order chi connectivity index (χ1) is 14.9. The molecule has 3 heterocycles. The largest absolute Gasteiger partial charge is 0.396 e. The monoisotopic (exact) mass is 493 g/mol. The number of thiophene rings is 1. The summed E-state index contributed by atoms with van der Waals surface area (Å²) < 4.78 is 28.6. The molecule has 4 rings (SSSR count). The Kier molecular flexibility index (Phi) is 6.73. The summed E-state index contributed by atoms with van der Waals surface area (Å²) in [5.41, 5.74) is 2.27. The van der Waals surface area contributed by atoms with Gasteiger partial charge < -0.3 is 10.1 Å². The third kappa shape index (κ3) is 4.54. The number of hydrogen-bond acceptors (Lipinski definition) is 7. The van der Waals surface area contributed by atoms with E-state index in [9.17, 15) is 8.42 Å². The van der Waals surface area contributed by atoms with Gasteiger partial charge in [-0.2, -0.15) is 11.8 Å². The van der Waals surface area contributed by atoms with Crippen LogP contribution in [0.5, 0.6) is 0 Å². The average Bonchev–Trinajstić information content (AvgIpc) is 3.48. The number of aromatic nitrogens is 2. The maximum atomic E-state index is 13.4. The summed E-state index contributed by atoms with van der Waals surface area (Å²) in [6, 6.07) is 10.8. The van der Waals surface area contributed by atoms with Crippen molar-refractivity contribution in [2.75, 3.05) is 16.7 Å². The second-order valence-electron chi connectivity index (χ2n) is 7.16. The van der Waals surface area contributed by atoms with Gasteiger partial charge >= 0.3 is 0 Å². The fourth-order valence-corrected chi connectivity index (χ4v) is 7.83. The van der Waals surface area contributed by atoms with Gasteiger partial charge in [0, 0.05) is 34.0 Å². The highest BCUT2D eigenvalue weighted by molar-refractivity contribution is 7.98. The Morgan fingerprint density at radius 3 is 2.81 bits per heavy atom. The van der Waals surface area contributed by atoms with Crippen LogP contribution in [0.1, 0.15) is 18.7 Å². The Labute approximate surface area is 194 Å². The number of nitrogens with one attached hydrogen (secondary N) is 1. The number of para-hydroxylation sites is 1. The summed E-state index contributed by atoms with van der Waals surface area (Å²) in [5.74, 6) is 1.51. The van der Waals surface area contributed by atoms with Crippen LogP contribution < -0.4 is 4.31 Å². The van der Waals surface area contributed by atoms with Crippen molar-refractivity contribution in [3.05, 3.63) is 52.9 Å². The lowest BCUT2D eigenvalue weighted by atomic mass is 10.2. The number of rotatable bonds is 9. The summed E-state index contributed by atoms with van der Waals surface area (Å²) in [6.45, 7) is 3.93. The zero-order chi connectivity index (χ0) is 22.0. The molecule has 164 valence electrons. The third-order valence-electron chi connectivity index (χ3n) is 4.61. The molecule has 0 amide bonds. The number of aliphatic hydroxyl groups is 1. The maximum absolute atomic E-state index is 13.4. The van der Waals surface area contributed by atoms with Gasteiger partial charge in [-0.1, -0.05) is 18.2 Å². The molecule has 0 spiro atoms. The van der Waals surface area contributed by atoms with Gasteiger partial charge in [0.25, 0.3) is 10.0 Å². The van der Waals surface area contributed by atoms with E-state index < -0.39 is 10.0 Å². The number of benzene rings is 1. The lowest BCUT2D eigenvalue weighted by Crippen LogP contribution is -2.36. The molecule has 6 nitrogen and oxygen atoms in total. The fraction of sp³-hybridized carbons (Fsp3) is 0.286. The summed E-state index contributed by atoms with van der Waals surface area (Å²) >= 11 is 4.49. The van der Waals surface area contributed by atoms with E-state index in [1.165, 1.54) is 15.6 Å². The zero-order valence-electron chi connectivity index (χ0n) is 17.1. The fourth-order valence-electron chi connectivity index (χ4n) is 3.37. The van der Waals surface area contributed by atoms with Gasteiger partial charge in [-0.05, 0) is 37.4 Å². The minimum absolute atomic E-state index is 0.169. The minimum Gasteiger partial charge on any atom is -0.396 e. The van der Waals surface area contributed by atoms with E-state index in [0.29, 0.717) is 15.6 Å². The summed E-state index contributed by atoms with van der Waals surface area (Å²) in [6.07, 6.45) is 1.86. The van der Waals surface area contributed by atoms with Crippen molar-refractivity contribution < 1.29 is 13.5 Å². The topological polar surface area (TPSA) is 86.3 Å². The van der Waals surface area contributed by atoms with Gasteiger partial charge in [-0.3, -0.25) is 4.31 Å². The molecule has 0 bridgehead atoms. The lowest BCUT2D eigenvalue weighted by molar-refractivity contribution is 0.322. The molecule has 10 heteroatoms. The van der Waals surface area contributed by atoms with Crippen molar-refractivity contribution in [1.29, 1.82) is 0 Å². The van der Waals surface area contributed by atoms with Gasteiger partial charge in [0.15, 0.2) is 0 Å². The van der Waals surface area contributed by atoms with Crippen molar-refractivity contribution in [2.24, 2.45) is 0 Å². The molecule has 1 aromatic carbocycles. The smallest absolute Gasteiger partial charge is 0.274 e. The number of H-pyrrole nitrogens is 1. The van der Waals surface area contributed by atoms with Crippen LogP contribution in [0, 0.1) is 0 Å². The highest BCUT2D eigenvalue weighted by atomic mass is 32.2. The van der Waals surface area contributed by atoms with Crippen LogP contribution in [0.4, 0.5) is 5.69 Å². The van der Waals surface area contributed by atoms with Crippen LogP contribution in [0.15, 0.2) is 52.2 Å². The van der Waals surface area contributed by atoms with Crippen LogP contribution in [0.3, 0.4) is 0 Å². The number of thiazole rings is 1. The van der Waals surface area contributed by atoms with Gasteiger partial charge in [-0.25, -0.2) is 13.4 Å². The number of aliphatic hydroxyl groups excluding tert-OH is 1. The van der Waals surface area contributed by atoms with Gasteiger partial charge in [0.1, 0.15) is 9.22 Å². The van der Waals surface area contributed by atoms with Crippen molar-refractivity contribution in [3.8, 4) is 10.7 Å². The number of anilines is 1. The minimum atomic E-state index is -3.67. The molecule has 0 aliphatic carbocycles. The van der Waals surface area contributed by atoms with E-state index in [4.69, 9.17) is 5.11 Å². The van der Waals surface area contributed by atoms with Gasteiger partial charge in [-0.15, -0.1) is 22.7 Å². The second kappa shape index (κ2) is 9.33. The highest BCUT2D eigenvalue weighted by Crippen LogP contribution is 2.36. The van der Waals surface area contributed by atoms with E-state index in [1.54, 1.807) is 40.6 Å². The first-order valence-electron chi connectivity index (χ1n) is 9.75. The summed E-state index contributed by atoms with van der Waals surface area (Å²) in [7, 11) is -3.67. The van der Waals surface area contributed by atoms with Gasteiger partial charge in [0.05, 0.1) is 23.5 Å². The first-order valence-corrected chi connectivity index (χ1v) is 14.0. The quantitative estimate of drug-likeness (QED) is 0.314. The number of fused-ring (bicyclic) bond motifs is 1. The maximum Gasteiger partial charge on any atom is 0.274 e. The number of hydrogen-bond donors (Lipinski definition) is 2. The molecule has 0 fully saturated rings. The number of nitrogens with zero attached hydrogens (tertiary/aromatic N) is 2. The zero-order valence-corrected chi connectivity index (χ0v) is 20.4. The molecule has 31 heavy (non-hydrogen) atoms. The molecular formula is C21H23N3O3S4. The molecule has 0 aliphatic rings. The van der Waals surface area contributed by atoms with Crippen molar-refractivity contribution >= 4 is 61.0 Å². The predicted molar refractivity (Wildman–Crippen MR) is 132 cm³/mol. The number of sulfonamides is 1. The Morgan fingerprint density at radius 2 is 2.10 bits per heavy atom. The second-order valence-corrected chi connectivity index (χ2v) is 12.4. The highest BCUT2D eigenvalue weighted by Gasteiger charge is 2.30. The molecule has 0 saturated carbocycles. The van der Waals surface area contributed by atoms with Crippen LogP contribution in [0.2, 0.25) is 0 Å². The van der Waals surface area contributed by atoms with Crippen LogP contribution in [-0.4, -0.2) is 41.9 Å². The Bertz CT molecular complexity index is 1260. The first kappa shape index (κ1) is 22.3. The SMILES string of the molecule is CC(C)N(c1cccc2cc(-c3ncc(CSCCO)s3)[nH]c12)S(=O)(=O)c1cccs1. The van der Waals surface area contributed by atoms with Crippen LogP contribution >= 0.6 is 34.4 Å². The van der Waals surface area contributed by atoms with Gasteiger partial charge in [0.2, 0.25) is 0 Å².